The molecule has 7 heteroatoms. The number of hydrogen-bond acceptors (Lipinski definition) is 4. The van der Waals surface area contributed by atoms with Crippen LogP contribution in [-0.2, 0) is 0 Å². The number of amides is 2. The first kappa shape index (κ1) is 15.8. The molecule has 2 aromatic carbocycles. The molecule has 1 atom stereocenters. The smallest absolute Gasteiger partial charge is 0.322 e. The van der Waals surface area contributed by atoms with Crippen LogP contribution in [0.1, 0.15) is 24.4 Å². The van der Waals surface area contributed by atoms with E-state index in [1.54, 1.807) is 35.2 Å². The van der Waals surface area contributed by atoms with E-state index < -0.39 is 4.92 Å². The number of phenols is 1. The minimum absolute atomic E-state index is 0.0655. The first-order chi connectivity index (χ1) is 11.5. The quantitative estimate of drug-likeness (QED) is 0.664. The van der Waals surface area contributed by atoms with Crippen molar-refractivity contribution in [2.75, 3.05) is 11.9 Å². The predicted molar refractivity (Wildman–Crippen MR) is 88.9 cm³/mol. The third kappa shape index (κ3) is 3.29. The molecule has 0 radical (unpaired) electrons. The summed E-state index contributed by atoms with van der Waals surface area (Å²) >= 11 is 0. The maximum absolute atomic E-state index is 12.5. The summed E-state index contributed by atoms with van der Waals surface area (Å²) < 4.78 is 0. The number of carbonyl (C=O) groups excluding carboxylic acids is 1. The highest BCUT2D eigenvalue weighted by Crippen LogP contribution is 2.33. The summed E-state index contributed by atoms with van der Waals surface area (Å²) in [6.07, 6.45) is 1.72. The molecule has 1 aliphatic rings. The van der Waals surface area contributed by atoms with E-state index >= 15 is 0 Å². The van der Waals surface area contributed by atoms with Crippen LogP contribution in [0.25, 0.3) is 0 Å². The number of hydrogen-bond donors (Lipinski definition) is 2. The molecule has 124 valence electrons. The van der Waals surface area contributed by atoms with Crippen LogP contribution in [0.15, 0.2) is 48.5 Å². The van der Waals surface area contributed by atoms with Crippen LogP contribution in [0.2, 0.25) is 0 Å². The van der Waals surface area contributed by atoms with Crippen LogP contribution in [0.3, 0.4) is 0 Å². The first-order valence-corrected chi connectivity index (χ1v) is 7.65. The molecule has 0 aliphatic carbocycles. The first-order valence-electron chi connectivity index (χ1n) is 7.65. The molecule has 7 nitrogen and oxygen atoms in total. The zero-order chi connectivity index (χ0) is 17.1. The van der Waals surface area contributed by atoms with Crippen molar-refractivity contribution in [1.82, 2.24) is 4.90 Å². The molecule has 2 amide bonds. The van der Waals surface area contributed by atoms with Crippen LogP contribution in [0.5, 0.6) is 5.75 Å². The molecular weight excluding hydrogens is 310 g/mol. The van der Waals surface area contributed by atoms with E-state index in [4.69, 9.17) is 0 Å². The van der Waals surface area contributed by atoms with Gasteiger partial charge in [0.05, 0.1) is 11.0 Å². The number of nitro groups is 1. The highest BCUT2D eigenvalue weighted by Gasteiger charge is 2.30. The molecule has 1 fully saturated rings. The van der Waals surface area contributed by atoms with Crippen LogP contribution < -0.4 is 5.32 Å². The second-order valence-electron chi connectivity index (χ2n) is 5.68. The lowest BCUT2D eigenvalue weighted by atomic mass is 10.0. The van der Waals surface area contributed by atoms with Gasteiger partial charge in [-0.15, -0.1) is 0 Å². The van der Waals surface area contributed by atoms with Gasteiger partial charge in [-0.25, -0.2) is 4.79 Å². The summed E-state index contributed by atoms with van der Waals surface area (Å²) in [5.74, 6) is 0.185. The number of non-ortho nitro benzene ring substituents is 1. The molecule has 0 unspecified atom stereocenters. The Morgan fingerprint density at radius 1 is 1.25 bits per heavy atom. The predicted octanol–water partition coefficient (Wildman–Crippen LogP) is 3.67. The van der Waals surface area contributed by atoms with Gasteiger partial charge in [0.1, 0.15) is 5.75 Å². The van der Waals surface area contributed by atoms with Gasteiger partial charge in [0.25, 0.3) is 5.69 Å². The second kappa shape index (κ2) is 6.57. The summed E-state index contributed by atoms with van der Waals surface area (Å²) in [6, 6.07) is 12.3. The topological polar surface area (TPSA) is 95.7 Å². The Balaban J connectivity index is 1.75. The second-order valence-corrected chi connectivity index (χ2v) is 5.68. The van der Waals surface area contributed by atoms with E-state index in [0.717, 1.165) is 18.4 Å². The number of benzene rings is 2. The van der Waals surface area contributed by atoms with Crippen LogP contribution >= 0.6 is 0 Å². The van der Waals surface area contributed by atoms with Crippen molar-refractivity contribution in [3.8, 4) is 5.75 Å². The normalized spacial score (nSPS) is 16.8. The summed E-state index contributed by atoms with van der Waals surface area (Å²) in [5, 5.41) is 22.9. The van der Waals surface area contributed by atoms with Crippen molar-refractivity contribution >= 4 is 17.4 Å². The van der Waals surface area contributed by atoms with Gasteiger partial charge in [0.2, 0.25) is 0 Å². The standard InChI is InChI=1S/C17H17N3O4/c21-15-8-6-12(7-9-15)16-5-2-10-19(16)17(22)18-13-3-1-4-14(11-13)20(23)24/h1,3-4,6-9,11,16,21H,2,5,10H2,(H,18,22)/t16-/m0/s1. The van der Waals surface area contributed by atoms with Crippen molar-refractivity contribution in [3.05, 3.63) is 64.2 Å². The van der Waals surface area contributed by atoms with Crippen molar-refractivity contribution in [1.29, 1.82) is 0 Å². The Kier molecular flexibility index (Phi) is 4.33. The third-order valence-electron chi connectivity index (χ3n) is 4.10. The number of aromatic hydroxyl groups is 1. The van der Waals surface area contributed by atoms with Gasteiger partial charge in [-0.05, 0) is 36.6 Å². The molecule has 24 heavy (non-hydrogen) atoms. The number of nitrogens with one attached hydrogen (secondary N) is 1. The molecule has 0 saturated carbocycles. The van der Waals surface area contributed by atoms with Crippen LogP contribution in [0.4, 0.5) is 16.2 Å². The molecule has 2 N–H and O–H groups in total. The van der Waals surface area contributed by atoms with E-state index in [1.165, 1.54) is 18.2 Å². The Bertz CT molecular complexity index is 761. The monoisotopic (exact) mass is 327 g/mol. The fraction of sp³-hybridized carbons (Fsp3) is 0.235. The fourth-order valence-electron chi connectivity index (χ4n) is 2.95. The molecule has 1 aliphatic heterocycles. The van der Waals surface area contributed by atoms with Crippen LogP contribution in [0, 0.1) is 10.1 Å². The molecule has 0 bridgehead atoms. The Labute approximate surface area is 138 Å². The molecular formula is C17H17N3O4. The number of nitrogens with zero attached hydrogens (tertiary/aromatic N) is 2. The summed E-state index contributed by atoms with van der Waals surface area (Å²) in [7, 11) is 0. The van der Waals surface area contributed by atoms with Gasteiger partial charge in [-0.1, -0.05) is 18.2 Å². The maximum atomic E-state index is 12.5. The number of carbonyl (C=O) groups is 1. The number of urea groups is 1. The van der Waals surface area contributed by atoms with E-state index in [1.807, 2.05) is 0 Å². The SMILES string of the molecule is O=C(Nc1cccc([N+](=O)[O-])c1)N1CCC[C@H]1c1ccc(O)cc1. The summed E-state index contributed by atoms with van der Waals surface area (Å²) in [5.41, 5.74) is 1.29. The molecule has 1 saturated heterocycles. The highest BCUT2D eigenvalue weighted by atomic mass is 16.6. The largest absolute Gasteiger partial charge is 0.508 e. The van der Waals surface area contributed by atoms with E-state index in [-0.39, 0.29) is 23.5 Å². The average molecular weight is 327 g/mol. The molecule has 0 aromatic heterocycles. The van der Waals surface area contributed by atoms with E-state index in [0.29, 0.717) is 12.2 Å². The molecule has 3 rings (SSSR count). The Hall–Kier alpha value is -3.09. The van der Waals surface area contributed by atoms with E-state index in [2.05, 4.69) is 5.32 Å². The number of likely N-dealkylation sites (tertiary alicyclic amines) is 1. The lowest BCUT2D eigenvalue weighted by Crippen LogP contribution is -2.34. The zero-order valence-corrected chi connectivity index (χ0v) is 12.9. The Morgan fingerprint density at radius 3 is 2.71 bits per heavy atom. The van der Waals surface area contributed by atoms with Gasteiger partial charge >= 0.3 is 6.03 Å². The van der Waals surface area contributed by atoms with Gasteiger partial charge in [0, 0.05) is 24.4 Å². The van der Waals surface area contributed by atoms with Gasteiger partial charge in [-0.2, -0.15) is 0 Å². The summed E-state index contributed by atoms with van der Waals surface area (Å²) in [4.78, 5) is 24.6. The highest BCUT2D eigenvalue weighted by molar-refractivity contribution is 5.90. The van der Waals surface area contributed by atoms with Crippen molar-refractivity contribution in [2.45, 2.75) is 18.9 Å². The average Bonchev–Trinajstić information content (AvgIpc) is 3.05. The van der Waals surface area contributed by atoms with E-state index in [9.17, 15) is 20.0 Å². The minimum Gasteiger partial charge on any atom is -0.508 e. The third-order valence-corrected chi connectivity index (χ3v) is 4.10. The summed E-state index contributed by atoms with van der Waals surface area (Å²) in [6.45, 7) is 0.617. The number of rotatable bonds is 3. The number of anilines is 1. The fourth-order valence-corrected chi connectivity index (χ4v) is 2.95. The number of phenolic OH excluding ortho intramolecular Hbond substituents is 1. The van der Waals surface area contributed by atoms with Gasteiger partial charge in [-0.3, -0.25) is 10.1 Å². The van der Waals surface area contributed by atoms with Gasteiger partial charge < -0.3 is 15.3 Å². The van der Waals surface area contributed by atoms with Gasteiger partial charge in [0.15, 0.2) is 0 Å². The molecule has 0 spiro atoms. The van der Waals surface area contributed by atoms with Crippen molar-refractivity contribution < 1.29 is 14.8 Å². The zero-order valence-electron chi connectivity index (χ0n) is 12.9. The molecule has 1 heterocycles. The lowest BCUT2D eigenvalue weighted by molar-refractivity contribution is -0.384. The minimum atomic E-state index is -0.495. The van der Waals surface area contributed by atoms with Crippen LogP contribution in [-0.4, -0.2) is 27.5 Å². The number of nitro benzene ring substituents is 1. The Morgan fingerprint density at radius 2 is 2.00 bits per heavy atom. The molecule has 2 aromatic rings. The maximum Gasteiger partial charge on any atom is 0.322 e. The van der Waals surface area contributed by atoms with Crippen molar-refractivity contribution in [3.63, 3.8) is 0 Å². The van der Waals surface area contributed by atoms with Crippen molar-refractivity contribution in [2.24, 2.45) is 0 Å². The lowest BCUT2D eigenvalue weighted by Gasteiger charge is -2.25.